The van der Waals surface area contributed by atoms with Gasteiger partial charge in [-0.05, 0) is 136 Å². The first kappa shape index (κ1) is 36.0. The average Bonchev–Trinajstić information content (AvgIpc) is 3.62. The lowest BCUT2D eigenvalue weighted by Gasteiger charge is -2.28. The predicted octanol–water partition coefficient (Wildman–Crippen LogP) is 5.51. The molecule has 7 N–H and O–H groups in total. The zero-order chi connectivity index (χ0) is 36.7. The van der Waals surface area contributed by atoms with Crippen LogP contribution in [0.5, 0.6) is 0 Å². The summed E-state index contributed by atoms with van der Waals surface area (Å²) in [6.07, 6.45) is 9.03. The Labute approximate surface area is 310 Å². The SMILES string of the molecule is Cc1cc(C(=O)NC2CCNCC2)ccc1-c1ccc(C[C@H](NC(=O)C2CCC(CN)CC2)C(=O)Nc2ccc3nc(-c4cccnc4)[nH]c3c2)cc1. The number of H-pyrrole nitrogens is 1. The normalized spacial score (nSPS) is 18.3. The van der Waals surface area contributed by atoms with E-state index < -0.39 is 6.04 Å². The minimum absolute atomic E-state index is 0.0420. The van der Waals surface area contributed by atoms with Gasteiger partial charge in [0.25, 0.3) is 5.91 Å². The zero-order valence-electron chi connectivity index (χ0n) is 30.2. The Bertz CT molecular complexity index is 2050. The van der Waals surface area contributed by atoms with Crippen LogP contribution >= 0.6 is 0 Å². The van der Waals surface area contributed by atoms with E-state index in [0.29, 0.717) is 36.0 Å². The van der Waals surface area contributed by atoms with E-state index >= 15 is 0 Å². The van der Waals surface area contributed by atoms with Crippen molar-refractivity contribution in [1.82, 2.24) is 30.9 Å². The maximum atomic E-state index is 13.9. The van der Waals surface area contributed by atoms with Gasteiger partial charge in [-0.25, -0.2) is 4.98 Å². The molecule has 7 rings (SSSR count). The lowest BCUT2D eigenvalue weighted by Crippen LogP contribution is -2.48. The van der Waals surface area contributed by atoms with E-state index in [1.165, 1.54) is 0 Å². The van der Waals surface area contributed by atoms with Crippen LogP contribution in [0.1, 0.15) is 60.0 Å². The number of nitrogens with one attached hydrogen (secondary N) is 5. The summed E-state index contributed by atoms with van der Waals surface area (Å²) in [5.74, 6) is 0.568. The number of nitrogens with two attached hydrogens (primary N) is 1. The number of benzene rings is 3. The molecule has 2 aliphatic rings. The number of pyridine rings is 1. The van der Waals surface area contributed by atoms with E-state index in [1.807, 2.05) is 79.7 Å². The van der Waals surface area contributed by atoms with Gasteiger partial charge in [-0.3, -0.25) is 19.4 Å². The summed E-state index contributed by atoms with van der Waals surface area (Å²) in [5, 5.41) is 12.6. The van der Waals surface area contributed by atoms with Crippen molar-refractivity contribution in [2.45, 2.75) is 64.0 Å². The maximum absolute atomic E-state index is 13.9. The number of hydrogen-bond acceptors (Lipinski definition) is 7. The van der Waals surface area contributed by atoms with E-state index in [-0.39, 0.29) is 29.7 Å². The second kappa shape index (κ2) is 16.5. The fourth-order valence-electron chi connectivity index (χ4n) is 7.54. The van der Waals surface area contributed by atoms with Crippen molar-refractivity contribution < 1.29 is 14.4 Å². The zero-order valence-corrected chi connectivity index (χ0v) is 30.2. The van der Waals surface area contributed by atoms with Crippen LogP contribution in [0.25, 0.3) is 33.5 Å². The molecular weight excluding hydrogens is 665 g/mol. The molecule has 1 saturated heterocycles. The summed E-state index contributed by atoms with van der Waals surface area (Å²) < 4.78 is 0. The van der Waals surface area contributed by atoms with Gasteiger partial charge in [0.15, 0.2) is 0 Å². The summed E-state index contributed by atoms with van der Waals surface area (Å²) in [4.78, 5) is 52.6. The van der Waals surface area contributed by atoms with E-state index in [0.717, 1.165) is 90.5 Å². The van der Waals surface area contributed by atoms with Gasteiger partial charge in [-0.15, -0.1) is 0 Å². The first-order valence-corrected chi connectivity index (χ1v) is 18.8. The average molecular weight is 713 g/mol. The highest BCUT2D eigenvalue weighted by Crippen LogP contribution is 2.29. The van der Waals surface area contributed by atoms with E-state index in [1.54, 1.807) is 12.4 Å². The molecule has 0 radical (unpaired) electrons. The number of rotatable bonds is 11. The molecule has 5 aromatic rings. The molecule has 0 unspecified atom stereocenters. The molecule has 53 heavy (non-hydrogen) atoms. The van der Waals surface area contributed by atoms with Gasteiger partial charge in [0.2, 0.25) is 11.8 Å². The maximum Gasteiger partial charge on any atom is 0.251 e. The highest BCUT2D eigenvalue weighted by atomic mass is 16.2. The fraction of sp³-hybridized carbons (Fsp3) is 0.357. The van der Waals surface area contributed by atoms with Crippen LogP contribution in [-0.4, -0.2) is 64.4 Å². The van der Waals surface area contributed by atoms with E-state index in [2.05, 4.69) is 36.2 Å². The van der Waals surface area contributed by atoms with Gasteiger partial charge in [0.1, 0.15) is 11.9 Å². The van der Waals surface area contributed by atoms with Crippen LogP contribution in [-0.2, 0) is 16.0 Å². The second-order valence-electron chi connectivity index (χ2n) is 14.5. The number of nitrogens with zero attached hydrogens (tertiary/aromatic N) is 2. The van der Waals surface area contributed by atoms with Crippen molar-refractivity contribution in [1.29, 1.82) is 0 Å². The number of anilines is 1. The van der Waals surface area contributed by atoms with Gasteiger partial charge in [0, 0.05) is 47.6 Å². The molecule has 1 saturated carbocycles. The van der Waals surface area contributed by atoms with Gasteiger partial charge in [-0.2, -0.15) is 0 Å². The van der Waals surface area contributed by atoms with Gasteiger partial charge < -0.3 is 32.0 Å². The van der Waals surface area contributed by atoms with Crippen molar-refractivity contribution >= 4 is 34.4 Å². The number of aryl methyl sites for hydroxylation is 1. The predicted molar refractivity (Wildman–Crippen MR) is 208 cm³/mol. The lowest BCUT2D eigenvalue weighted by atomic mass is 9.81. The van der Waals surface area contributed by atoms with Crippen molar-refractivity contribution in [3.8, 4) is 22.5 Å². The number of hydrogen-bond donors (Lipinski definition) is 6. The molecule has 3 heterocycles. The quantitative estimate of drug-likeness (QED) is 0.105. The molecule has 1 atom stereocenters. The van der Waals surface area contributed by atoms with Gasteiger partial charge in [-0.1, -0.05) is 30.3 Å². The topological polar surface area (TPSA) is 167 Å². The van der Waals surface area contributed by atoms with Crippen LogP contribution < -0.4 is 27.0 Å². The molecule has 11 nitrogen and oxygen atoms in total. The Balaban J connectivity index is 1.06. The minimum atomic E-state index is -0.788. The number of amides is 3. The molecule has 1 aliphatic heterocycles. The van der Waals surface area contributed by atoms with E-state index in [9.17, 15) is 14.4 Å². The Morgan fingerprint density at radius 1 is 0.906 bits per heavy atom. The Kier molecular flexibility index (Phi) is 11.2. The molecule has 2 aromatic heterocycles. The highest BCUT2D eigenvalue weighted by Gasteiger charge is 2.29. The van der Waals surface area contributed by atoms with Crippen LogP contribution in [0.2, 0.25) is 0 Å². The number of carbonyl (C=O) groups is 3. The molecule has 274 valence electrons. The molecule has 0 spiro atoms. The molecule has 3 aromatic carbocycles. The third kappa shape index (κ3) is 8.81. The summed E-state index contributed by atoms with van der Waals surface area (Å²) >= 11 is 0. The smallest absolute Gasteiger partial charge is 0.251 e. The summed E-state index contributed by atoms with van der Waals surface area (Å²) in [6.45, 7) is 4.49. The standard InChI is InChI=1S/C42H48N8O3/c1-26-21-31(41(52)46-33-16-19-44-20-17-33)12-14-35(26)29-8-4-27(5-9-29)22-38(50-40(51)30-10-6-28(24-43)7-11-30)42(53)47-34-13-15-36-37(23-34)49-39(48-36)32-3-2-18-45-25-32/h2-5,8-9,12-15,18,21,23,25,28,30,33,38,44H,6-7,10-11,16-17,19-20,22,24,43H2,1H3,(H,46,52)(H,47,53)(H,48,49)(H,50,51)/t28?,30?,38-/m0/s1. The summed E-state index contributed by atoms with van der Waals surface area (Å²) in [6, 6.07) is 22.6. The fourth-order valence-corrected chi connectivity index (χ4v) is 7.54. The lowest BCUT2D eigenvalue weighted by molar-refractivity contribution is -0.130. The molecule has 11 heteroatoms. The number of carbonyl (C=O) groups excluding carboxylic acids is 3. The van der Waals surface area contributed by atoms with Crippen molar-refractivity contribution in [3.63, 3.8) is 0 Å². The molecule has 2 fully saturated rings. The van der Waals surface area contributed by atoms with Crippen LogP contribution in [0, 0.1) is 18.8 Å². The molecule has 1 aliphatic carbocycles. The van der Waals surface area contributed by atoms with Crippen molar-refractivity contribution in [2.75, 3.05) is 25.0 Å². The van der Waals surface area contributed by atoms with Crippen LogP contribution in [0.15, 0.2) is 85.2 Å². The largest absolute Gasteiger partial charge is 0.349 e. The first-order valence-electron chi connectivity index (χ1n) is 18.8. The number of aromatic nitrogens is 3. The third-order valence-electron chi connectivity index (χ3n) is 10.7. The van der Waals surface area contributed by atoms with Crippen molar-refractivity contribution in [2.24, 2.45) is 17.6 Å². The number of fused-ring (bicyclic) bond motifs is 1. The first-order chi connectivity index (χ1) is 25.8. The highest BCUT2D eigenvalue weighted by molar-refractivity contribution is 5.99. The monoisotopic (exact) mass is 712 g/mol. The third-order valence-corrected chi connectivity index (χ3v) is 10.7. The Morgan fingerprint density at radius 3 is 2.42 bits per heavy atom. The summed E-state index contributed by atoms with van der Waals surface area (Å²) in [7, 11) is 0. The molecular formula is C42H48N8O3. The van der Waals surface area contributed by atoms with Crippen LogP contribution in [0.3, 0.4) is 0 Å². The van der Waals surface area contributed by atoms with Crippen LogP contribution in [0.4, 0.5) is 5.69 Å². The Hall–Kier alpha value is -5.39. The van der Waals surface area contributed by atoms with Crippen molar-refractivity contribution in [3.05, 3.63) is 102 Å². The second-order valence-corrected chi connectivity index (χ2v) is 14.5. The van der Waals surface area contributed by atoms with Gasteiger partial charge in [0.05, 0.1) is 11.0 Å². The molecule has 0 bridgehead atoms. The number of imidazole rings is 1. The molecule has 3 amide bonds. The van der Waals surface area contributed by atoms with E-state index in [4.69, 9.17) is 5.73 Å². The van der Waals surface area contributed by atoms with Gasteiger partial charge >= 0.3 is 0 Å². The number of piperidine rings is 1. The number of aromatic amines is 1. The summed E-state index contributed by atoms with van der Waals surface area (Å²) in [5.41, 5.74) is 13.5. The Morgan fingerprint density at radius 2 is 1.70 bits per heavy atom. The minimum Gasteiger partial charge on any atom is -0.349 e.